The molecule has 0 radical (unpaired) electrons. The van der Waals surface area contributed by atoms with Crippen LogP contribution in [0.4, 0.5) is 0 Å². The van der Waals surface area contributed by atoms with E-state index in [2.05, 4.69) is 11.2 Å². The Labute approximate surface area is 245 Å². The monoisotopic (exact) mass is 577 g/mol. The van der Waals surface area contributed by atoms with Crippen LogP contribution < -0.4 is 0 Å². The van der Waals surface area contributed by atoms with E-state index in [1.54, 1.807) is 27.0 Å². The maximum Gasteiger partial charge on any atom is 0.340 e. The molecule has 1 saturated heterocycles. The molecule has 1 fully saturated rings. The van der Waals surface area contributed by atoms with Crippen LogP contribution in [-0.4, -0.2) is 61.8 Å². The number of carbonyl (C=O) groups is 3. The molecule has 1 aliphatic rings. The van der Waals surface area contributed by atoms with Crippen molar-refractivity contribution in [3.63, 3.8) is 0 Å². The predicted octanol–water partition coefficient (Wildman–Crippen LogP) is 5.19. The summed E-state index contributed by atoms with van der Waals surface area (Å²) in [5.41, 5.74) is -1.32. The molecule has 42 heavy (non-hydrogen) atoms. The van der Waals surface area contributed by atoms with Crippen LogP contribution in [0, 0.1) is 16.7 Å². The van der Waals surface area contributed by atoms with Crippen molar-refractivity contribution in [1.29, 1.82) is 0 Å². The Hall–Kier alpha value is -3.82. The van der Waals surface area contributed by atoms with Crippen molar-refractivity contribution in [2.75, 3.05) is 26.4 Å². The van der Waals surface area contributed by atoms with Crippen LogP contribution in [0.5, 0.6) is 0 Å². The number of ether oxygens (including phenoxy) is 3. The summed E-state index contributed by atoms with van der Waals surface area (Å²) in [5, 5.41) is 17.3. The molecule has 1 N–H and O–H groups in total. The van der Waals surface area contributed by atoms with Crippen LogP contribution >= 0.6 is 0 Å². The maximum absolute atomic E-state index is 13.3. The van der Waals surface area contributed by atoms with Gasteiger partial charge in [0.1, 0.15) is 19.3 Å². The number of carbonyl (C=O) groups excluding carboxylic acids is 3. The van der Waals surface area contributed by atoms with Gasteiger partial charge in [-0.3, -0.25) is 9.59 Å². The van der Waals surface area contributed by atoms with Crippen LogP contribution in [0.1, 0.15) is 52.5 Å². The van der Waals surface area contributed by atoms with E-state index in [4.69, 9.17) is 19.0 Å². The topological polar surface area (TPSA) is 124 Å². The minimum absolute atomic E-state index is 0.0391. The molecular weight excluding hydrogens is 538 g/mol. The van der Waals surface area contributed by atoms with E-state index in [9.17, 15) is 19.5 Å². The number of fused-ring (bicyclic) bond motifs is 2. The first kappa shape index (κ1) is 31.1. The standard InChI is InChI=1S/C33H39NO8/c1-5-33(4,31(38)41-21-25-20-40-25)18-24(29(36)39-15-14-35)17-32(2,3)30(37)42-34-19-28-26-12-8-6-10-22(26)16-23-11-7-9-13-27(23)28/h6-13,16,19,24-25,35H,5,14-15,17-18,20-21H2,1-4H3. The summed E-state index contributed by atoms with van der Waals surface area (Å²) in [6.45, 7) is 7.10. The van der Waals surface area contributed by atoms with Gasteiger partial charge < -0.3 is 24.2 Å². The molecule has 1 aliphatic heterocycles. The lowest BCUT2D eigenvalue weighted by Crippen LogP contribution is -2.38. The van der Waals surface area contributed by atoms with E-state index in [0.29, 0.717) is 13.0 Å². The van der Waals surface area contributed by atoms with Crippen LogP contribution in [0.3, 0.4) is 0 Å². The fourth-order valence-corrected chi connectivity index (χ4v) is 5.06. The second kappa shape index (κ2) is 13.4. The second-order valence-corrected chi connectivity index (χ2v) is 11.7. The summed E-state index contributed by atoms with van der Waals surface area (Å²) < 4.78 is 15.8. The molecule has 9 nitrogen and oxygen atoms in total. The van der Waals surface area contributed by atoms with Gasteiger partial charge in [-0.2, -0.15) is 0 Å². The first-order valence-corrected chi connectivity index (χ1v) is 14.3. The van der Waals surface area contributed by atoms with Gasteiger partial charge in [0, 0.05) is 5.56 Å². The molecule has 0 amide bonds. The number of aliphatic hydroxyl groups excluding tert-OH is 1. The number of esters is 2. The SMILES string of the molecule is CCC(C)(CC(CC(C)(C)C(=O)ON=Cc1c2ccccc2cc2ccccc12)C(=O)OCCO)C(=O)OCC1CO1. The Balaban J connectivity index is 1.51. The predicted molar refractivity (Wildman–Crippen MR) is 159 cm³/mol. The van der Waals surface area contributed by atoms with E-state index in [0.717, 1.165) is 27.1 Å². The molecule has 4 rings (SSSR count). The van der Waals surface area contributed by atoms with Crippen LogP contribution in [0.2, 0.25) is 0 Å². The third kappa shape index (κ3) is 7.52. The summed E-state index contributed by atoms with van der Waals surface area (Å²) in [6.07, 6.45) is 2.01. The second-order valence-electron chi connectivity index (χ2n) is 11.7. The van der Waals surface area contributed by atoms with Crippen molar-refractivity contribution in [1.82, 2.24) is 0 Å². The van der Waals surface area contributed by atoms with Gasteiger partial charge in [-0.15, -0.1) is 0 Å². The van der Waals surface area contributed by atoms with Crippen molar-refractivity contribution < 1.29 is 38.5 Å². The zero-order chi connectivity index (χ0) is 30.3. The molecule has 0 spiro atoms. The van der Waals surface area contributed by atoms with Gasteiger partial charge in [-0.1, -0.05) is 60.6 Å². The summed E-state index contributed by atoms with van der Waals surface area (Å²) in [5.74, 6) is -2.50. The molecule has 0 bridgehead atoms. The van der Waals surface area contributed by atoms with Crippen molar-refractivity contribution in [3.8, 4) is 0 Å². The minimum Gasteiger partial charge on any atom is -0.463 e. The molecular formula is C33H39NO8. The number of hydrogen-bond donors (Lipinski definition) is 1. The van der Waals surface area contributed by atoms with Gasteiger partial charge in [0.25, 0.3) is 0 Å². The molecule has 3 aromatic rings. The highest BCUT2D eigenvalue weighted by atomic mass is 16.7. The molecule has 3 aromatic carbocycles. The molecule has 9 heteroatoms. The van der Waals surface area contributed by atoms with E-state index in [-0.39, 0.29) is 38.8 Å². The van der Waals surface area contributed by atoms with E-state index in [1.165, 1.54) is 0 Å². The lowest BCUT2D eigenvalue weighted by Gasteiger charge is -2.32. The number of benzene rings is 3. The molecule has 224 valence electrons. The van der Waals surface area contributed by atoms with E-state index in [1.807, 2.05) is 55.5 Å². The van der Waals surface area contributed by atoms with Crippen LogP contribution in [0.15, 0.2) is 59.8 Å². The fourth-order valence-electron chi connectivity index (χ4n) is 5.06. The lowest BCUT2D eigenvalue weighted by molar-refractivity contribution is -0.162. The summed E-state index contributed by atoms with van der Waals surface area (Å²) in [4.78, 5) is 44.7. The Morgan fingerprint density at radius 3 is 2.19 bits per heavy atom. The third-order valence-electron chi connectivity index (χ3n) is 7.88. The van der Waals surface area contributed by atoms with Gasteiger partial charge in [0.05, 0.1) is 36.2 Å². The Morgan fingerprint density at radius 2 is 1.62 bits per heavy atom. The highest BCUT2D eigenvalue weighted by molar-refractivity contribution is 6.13. The summed E-state index contributed by atoms with van der Waals surface area (Å²) >= 11 is 0. The number of epoxide rings is 1. The molecule has 1 heterocycles. The Kier molecular flexibility index (Phi) is 9.96. The van der Waals surface area contributed by atoms with E-state index < -0.39 is 34.7 Å². The number of hydrogen-bond acceptors (Lipinski definition) is 9. The molecule has 3 unspecified atom stereocenters. The van der Waals surface area contributed by atoms with Gasteiger partial charge >= 0.3 is 17.9 Å². The highest BCUT2D eigenvalue weighted by Crippen LogP contribution is 2.38. The van der Waals surface area contributed by atoms with Crippen molar-refractivity contribution in [3.05, 3.63) is 60.2 Å². The maximum atomic E-state index is 13.3. The van der Waals surface area contributed by atoms with Gasteiger partial charge in [0.15, 0.2) is 0 Å². The molecule has 3 atom stereocenters. The fraction of sp³-hybridized carbons (Fsp3) is 0.455. The Bertz CT molecular complexity index is 1410. The van der Waals surface area contributed by atoms with E-state index >= 15 is 0 Å². The highest BCUT2D eigenvalue weighted by Gasteiger charge is 2.43. The normalized spacial score (nSPS) is 17.1. The zero-order valence-electron chi connectivity index (χ0n) is 24.6. The molecule has 0 aliphatic carbocycles. The Morgan fingerprint density at radius 1 is 1.00 bits per heavy atom. The summed E-state index contributed by atoms with van der Waals surface area (Å²) in [7, 11) is 0. The van der Waals surface area contributed by atoms with Crippen molar-refractivity contribution in [2.45, 2.75) is 53.1 Å². The molecule has 0 saturated carbocycles. The average molecular weight is 578 g/mol. The third-order valence-corrected chi connectivity index (χ3v) is 7.88. The van der Waals surface area contributed by atoms with Gasteiger partial charge in [0.2, 0.25) is 0 Å². The number of aliphatic hydroxyl groups is 1. The smallest absolute Gasteiger partial charge is 0.340 e. The largest absolute Gasteiger partial charge is 0.463 e. The minimum atomic E-state index is -1.15. The van der Waals surface area contributed by atoms with Crippen molar-refractivity contribution >= 4 is 45.7 Å². The average Bonchev–Trinajstić information content (AvgIpc) is 3.82. The molecule has 0 aromatic heterocycles. The van der Waals surface area contributed by atoms with Gasteiger partial charge in [-0.05, 0) is 67.6 Å². The van der Waals surface area contributed by atoms with Gasteiger partial charge in [-0.25, -0.2) is 4.79 Å². The lowest BCUT2D eigenvalue weighted by atomic mass is 9.73. The number of oxime groups is 1. The quantitative estimate of drug-likeness (QED) is 0.0694. The first-order chi connectivity index (χ1) is 20.1. The summed E-state index contributed by atoms with van der Waals surface area (Å²) in [6, 6.07) is 17.9. The first-order valence-electron chi connectivity index (χ1n) is 14.3. The number of nitrogens with zero attached hydrogens (tertiary/aromatic N) is 1. The van der Waals surface area contributed by atoms with Crippen LogP contribution in [0.25, 0.3) is 21.5 Å². The van der Waals surface area contributed by atoms with Crippen molar-refractivity contribution in [2.24, 2.45) is 21.9 Å². The number of rotatable bonds is 14. The zero-order valence-corrected chi connectivity index (χ0v) is 24.6. The van der Waals surface area contributed by atoms with Crippen LogP contribution in [-0.2, 0) is 33.4 Å².